The average Bonchev–Trinajstić information content (AvgIpc) is 0.843. The third-order valence-electron chi connectivity index (χ3n) is 16.9. The molecular formula is C81H98N8O13. The van der Waals surface area contributed by atoms with Crippen molar-refractivity contribution < 1.29 is 65.1 Å². The van der Waals surface area contributed by atoms with Crippen LogP contribution in [-0.2, 0) is 19.2 Å². The van der Waals surface area contributed by atoms with Crippen LogP contribution >= 0.6 is 0 Å². The van der Waals surface area contributed by atoms with Gasteiger partial charge in [-0.3, -0.25) is 39.1 Å². The summed E-state index contributed by atoms with van der Waals surface area (Å²) in [5.41, 5.74) is 9.52. The molecule has 8 aromatic rings. The third-order valence-corrected chi connectivity index (χ3v) is 16.9. The van der Waals surface area contributed by atoms with E-state index in [9.17, 15) is 65.1 Å². The van der Waals surface area contributed by atoms with Gasteiger partial charge in [-0.15, -0.1) is 0 Å². The van der Waals surface area contributed by atoms with Gasteiger partial charge in [0.1, 0.15) is 58.3 Å². The Kier molecular flexibility index (Phi) is 32.3. The van der Waals surface area contributed by atoms with Crippen LogP contribution in [0.4, 0.5) is 22.7 Å². The number of benzene rings is 8. The fourth-order valence-electron chi connectivity index (χ4n) is 10.3. The first-order valence-electron chi connectivity index (χ1n) is 34.0. The van der Waals surface area contributed by atoms with Gasteiger partial charge < -0.3 is 67.2 Å². The molecular weight excluding hydrogens is 1290 g/mol. The van der Waals surface area contributed by atoms with Gasteiger partial charge in [-0.05, 0) is 178 Å². The predicted molar refractivity (Wildman–Crippen MR) is 409 cm³/mol. The summed E-state index contributed by atoms with van der Waals surface area (Å²) in [4.78, 5) is 67.2. The lowest BCUT2D eigenvalue weighted by Crippen LogP contribution is -2.31. The van der Waals surface area contributed by atoms with E-state index < -0.39 is 6.04 Å². The lowest BCUT2D eigenvalue weighted by atomic mass is 10.0. The van der Waals surface area contributed by atoms with E-state index in [0.29, 0.717) is 105 Å². The van der Waals surface area contributed by atoms with Crippen LogP contribution in [0.15, 0.2) is 184 Å². The van der Waals surface area contributed by atoms with Crippen molar-refractivity contribution in [2.75, 3.05) is 47.4 Å². The molecule has 0 aliphatic rings. The highest BCUT2D eigenvalue weighted by molar-refractivity contribution is 6.07. The van der Waals surface area contributed by atoms with Crippen LogP contribution in [0.25, 0.3) is 0 Å². The van der Waals surface area contributed by atoms with E-state index in [4.69, 9.17) is 0 Å². The molecule has 102 heavy (non-hydrogen) atoms. The quantitative estimate of drug-likeness (QED) is 0.0194. The van der Waals surface area contributed by atoms with E-state index in [2.05, 4.69) is 41.2 Å². The van der Waals surface area contributed by atoms with Gasteiger partial charge >= 0.3 is 0 Å². The molecule has 21 nitrogen and oxygen atoms in total. The van der Waals surface area contributed by atoms with Crippen LogP contribution in [-0.4, -0.2) is 142 Å². The first kappa shape index (κ1) is 81.2. The fourth-order valence-corrected chi connectivity index (χ4v) is 10.3. The number of Topliss-reactive ketones (excluding diaryl/α,β-unsaturated/α-hetero) is 4. The highest BCUT2D eigenvalue weighted by Crippen LogP contribution is 2.34. The molecule has 8 rings (SSSR count). The Labute approximate surface area is 597 Å². The number of hydrogen-bond donors (Lipinski definition) is 13. The molecule has 0 heterocycles. The van der Waals surface area contributed by atoms with E-state index in [1.807, 2.05) is 126 Å². The van der Waals surface area contributed by atoms with Gasteiger partial charge in [0.15, 0.2) is 23.1 Å². The lowest BCUT2D eigenvalue weighted by molar-refractivity contribution is -0.119. The molecule has 0 saturated carbocycles. The van der Waals surface area contributed by atoms with Crippen LogP contribution in [0, 0.1) is 27.7 Å². The smallest absolute Gasteiger partial charge is 0.176 e. The predicted octanol–water partition coefficient (Wildman–Crippen LogP) is 14.8. The summed E-state index contributed by atoms with van der Waals surface area (Å²) in [6.07, 6.45) is 3.01. The van der Waals surface area contributed by atoms with Crippen LogP contribution < -0.4 is 21.3 Å². The molecule has 0 saturated heterocycles. The van der Waals surface area contributed by atoms with E-state index >= 15 is 0 Å². The van der Waals surface area contributed by atoms with Crippen molar-refractivity contribution in [3.05, 3.63) is 208 Å². The number of rotatable bonds is 29. The van der Waals surface area contributed by atoms with E-state index in [0.717, 1.165) is 17.1 Å². The molecule has 0 aliphatic carbocycles. The molecule has 0 amide bonds. The number of aliphatic imine (C=N–C) groups is 4. The summed E-state index contributed by atoms with van der Waals surface area (Å²) < 4.78 is 0. The number of phenolic OH excluding ortho intramolecular Hbond substituents is 9. The Morgan fingerprint density at radius 1 is 0.343 bits per heavy atom. The average molecular weight is 1390 g/mol. The second-order valence-corrected chi connectivity index (χ2v) is 24.1. The molecule has 21 heteroatoms. The molecule has 0 aliphatic heterocycles. The Morgan fingerprint density at radius 2 is 0.627 bits per heavy atom. The zero-order valence-electron chi connectivity index (χ0n) is 60.2. The second kappa shape index (κ2) is 40.6. The Bertz CT molecular complexity index is 4240. The van der Waals surface area contributed by atoms with E-state index in [1.54, 1.807) is 97.0 Å². The normalized spacial score (nSPS) is 12.7. The molecule has 4 unspecified atom stereocenters. The number of nitrogens with zero attached hydrogens (tertiary/aromatic N) is 4. The van der Waals surface area contributed by atoms with Crippen molar-refractivity contribution in [1.82, 2.24) is 0 Å². The van der Waals surface area contributed by atoms with Crippen molar-refractivity contribution in [3.63, 3.8) is 0 Å². The number of carbonyl (C=O) groups is 4. The van der Waals surface area contributed by atoms with Crippen molar-refractivity contribution in [1.29, 1.82) is 0 Å². The maximum atomic E-state index is 12.6. The fraction of sp³-hybridized carbons (Fsp3) is 0.309. The van der Waals surface area contributed by atoms with Crippen molar-refractivity contribution in [2.24, 2.45) is 20.0 Å². The topological polar surface area (TPSA) is 348 Å². The highest BCUT2D eigenvalue weighted by atomic mass is 16.3. The minimum atomic E-state index is -0.478. The standard InChI is InChI=1S/C21H26N2O3.C20H24N2O4.2C20H24N2O3/c1-4-17(16-11-12-19(24)14(3)21(16)26)22-13-20(25)18(5-2)23-15-9-7-6-8-10-15;1-4-17(16-8-9-18(24)12(2)20(16)26)21-11-19(25)13(3)22-14-6-5-7-15(23)10-14;1-4-17(16-10-11-18(23)13(2)20(16)25)21-12-19(24)14(3)22-15-8-6-5-7-9-15;1-4-17(22-15-8-6-5-7-9-15)19(24)12-21-14(3)16-10-11-18(23)13(2)20(16)25/h6-12,18,23-24,26H,4-5,13H2,1-3H3;5-10,13,22-24,26H,4,11H2,1-3H3;5-11,14,22-23,25H,4,12H2,1-3H3;5-11,17,22-23,25H,4,12H2,1-3H3. The zero-order valence-corrected chi connectivity index (χ0v) is 60.2. The van der Waals surface area contributed by atoms with Gasteiger partial charge in [0.25, 0.3) is 0 Å². The van der Waals surface area contributed by atoms with Crippen LogP contribution in [0.2, 0.25) is 0 Å². The molecule has 4 atom stereocenters. The summed E-state index contributed by atoms with van der Waals surface area (Å²) in [5.74, 6) is 0.0496. The van der Waals surface area contributed by atoms with Crippen LogP contribution in [0.3, 0.4) is 0 Å². The summed E-state index contributed by atoms with van der Waals surface area (Å²) in [7, 11) is 0. The van der Waals surface area contributed by atoms with E-state index in [-0.39, 0.29) is 119 Å². The monoisotopic (exact) mass is 1390 g/mol. The van der Waals surface area contributed by atoms with Crippen molar-refractivity contribution >= 4 is 68.7 Å². The van der Waals surface area contributed by atoms with Gasteiger partial charge in [0.05, 0.1) is 43.8 Å². The van der Waals surface area contributed by atoms with Gasteiger partial charge in [0.2, 0.25) is 0 Å². The first-order chi connectivity index (χ1) is 48.7. The number of hydrogen-bond acceptors (Lipinski definition) is 21. The summed E-state index contributed by atoms with van der Waals surface area (Å²) in [6, 6.07) is 46.4. The molecule has 13 N–H and O–H groups in total. The highest BCUT2D eigenvalue weighted by Gasteiger charge is 2.22. The second-order valence-electron chi connectivity index (χ2n) is 24.1. The van der Waals surface area contributed by atoms with Gasteiger partial charge in [-0.1, -0.05) is 95.3 Å². The number of phenols is 9. The molecule has 0 spiro atoms. The first-order valence-corrected chi connectivity index (χ1v) is 34.0. The number of para-hydroxylation sites is 3. The number of carbonyl (C=O) groups excluding carboxylic acids is 4. The molecule has 540 valence electrons. The summed E-state index contributed by atoms with van der Waals surface area (Å²) in [6.45, 7) is 21.5. The summed E-state index contributed by atoms with van der Waals surface area (Å²) >= 11 is 0. The lowest BCUT2D eigenvalue weighted by Gasteiger charge is -2.16. The van der Waals surface area contributed by atoms with Gasteiger partial charge in [-0.25, -0.2) is 0 Å². The van der Waals surface area contributed by atoms with Gasteiger partial charge in [-0.2, -0.15) is 0 Å². The Morgan fingerprint density at radius 3 is 0.951 bits per heavy atom. The molecule has 0 radical (unpaired) electrons. The van der Waals surface area contributed by atoms with Gasteiger partial charge in [0, 0.05) is 96.2 Å². The maximum absolute atomic E-state index is 12.6. The van der Waals surface area contributed by atoms with Crippen LogP contribution in [0.1, 0.15) is 132 Å². The number of nitrogens with one attached hydrogen (secondary N) is 4. The van der Waals surface area contributed by atoms with E-state index in [1.165, 1.54) is 24.3 Å². The SMILES string of the molecule is CCC(=NCC(=O)C(C)Nc1cccc(O)c1)c1ccc(O)c(C)c1O.CCC(=NCC(=O)C(C)Nc1ccccc1)c1ccc(O)c(C)c1O.CCC(=NCC(=O)C(CC)Nc1ccccc1)c1ccc(O)c(C)c1O.CCC(Nc1ccccc1)C(=O)CN=C(C)c1ccc(O)c(C)c1O. The molecule has 0 aromatic heterocycles. The van der Waals surface area contributed by atoms with Crippen LogP contribution in [0.5, 0.6) is 51.7 Å². The largest absolute Gasteiger partial charge is 0.508 e. The molecule has 8 aromatic carbocycles. The van der Waals surface area contributed by atoms with Crippen molar-refractivity contribution in [3.8, 4) is 51.7 Å². The van der Waals surface area contributed by atoms with Crippen molar-refractivity contribution in [2.45, 2.75) is 139 Å². The molecule has 0 bridgehead atoms. The number of ketones is 4. The maximum Gasteiger partial charge on any atom is 0.176 e. The minimum Gasteiger partial charge on any atom is -0.508 e. The Hall–Kier alpha value is -11.5. The Balaban J connectivity index is 0.000000245. The number of anilines is 4. The third kappa shape index (κ3) is 23.9. The molecule has 0 fully saturated rings. The number of aromatic hydroxyl groups is 9. The zero-order chi connectivity index (χ0) is 75.2. The summed E-state index contributed by atoms with van der Waals surface area (Å²) in [5, 5.41) is 102. The minimum absolute atomic E-state index is 0.00251.